The fraction of sp³-hybridized carbons (Fsp3) is 0.129. The van der Waals surface area contributed by atoms with E-state index in [-0.39, 0.29) is 4.90 Å². The highest BCUT2D eigenvalue weighted by Gasteiger charge is 2.28. The third kappa shape index (κ3) is 11.9. The van der Waals surface area contributed by atoms with Gasteiger partial charge in [-0.3, -0.25) is 0 Å². The first-order chi connectivity index (χ1) is 18.4. The highest BCUT2D eigenvalue weighted by molar-refractivity contribution is 7.96. The van der Waals surface area contributed by atoms with Crippen molar-refractivity contribution in [1.29, 1.82) is 0 Å². The maximum absolute atomic E-state index is 13.1. The molecule has 0 unspecified atom stereocenters. The summed E-state index contributed by atoms with van der Waals surface area (Å²) in [7, 11) is -4.22. The number of rotatable bonds is 7. The van der Waals surface area contributed by atoms with E-state index in [0.29, 0.717) is 18.1 Å². The first kappa shape index (κ1) is 30.7. The predicted octanol–water partition coefficient (Wildman–Crippen LogP) is 3.01. The maximum atomic E-state index is 13.1. The number of carbonyl (C=O) groups is 1. The number of carbonyl (C=O) groups excluding carboxylic acids is 1. The van der Waals surface area contributed by atoms with Gasteiger partial charge in [0.1, 0.15) is 6.11 Å². The molecule has 0 radical (unpaired) electrons. The van der Waals surface area contributed by atoms with E-state index in [0.717, 1.165) is 6.08 Å². The zero-order chi connectivity index (χ0) is 28.1. The van der Waals surface area contributed by atoms with E-state index in [2.05, 4.69) is 89.0 Å². The maximum Gasteiger partial charge on any atom is 0.364 e. The molecule has 1 aromatic rings. The second-order valence-corrected chi connectivity index (χ2v) is 8.67. The Morgan fingerprint density at radius 1 is 0.868 bits per heavy atom. The molecule has 0 aliphatic carbocycles. The minimum atomic E-state index is -4.22. The van der Waals surface area contributed by atoms with Gasteiger partial charge in [-0.15, -0.1) is 6.42 Å². The normalized spacial score (nSPS) is 9.05. The average molecular weight is 536 g/mol. The molecule has 0 fully saturated rings. The van der Waals surface area contributed by atoms with Gasteiger partial charge in [0.25, 0.3) is 0 Å². The Balaban J connectivity index is 3.00. The van der Waals surface area contributed by atoms with Crippen molar-refractivity contribution in [2.45, 2.75) is 18.7 Å². The summed E-state index contributed by atoms with van der Waals surface area (Å²) in [6, 6.07) is 5.39. The van der Waals surface area contributed by atoms with Crippen LogP contribution in [-0.4, -0.2) is 32.4 Å². The molecule has 0 saturated heterocycles. The van der Waals surface area contributed by atoms with Gasteiger partial charge in [-0.25, -0.2) is 13.2 Å². The predicted molar refractivity (Wildman–Crippen MR) is 148 cm³/mol. The van der Waals surface area contributed by atoms with Crippen molar-refractivity contribution in [2.75, 3.05) is 13.1 Å². The molecule has 0 spiro atoms. The second kappa shape index (κ2) is 18.0. The molecule has 0 aromatic heterocycles. The Morgan fingerprint density at radius 2 is 1.34 bits per heavy atom. The average Bonchev–Trinajstić information content (AvgIpc) is 2.91. The molecule has 0 aliphatic heterocycles. The van der Waals surface area contributed by atoms with Gasteiger partial charge < -0.3 is 9.64 Å². The summed E-state index contributed by atoms with van der Waals surface area (Å²) in [6.45, 7) is 5.29. The van der Waals surface area contributed by atoms with Crippen LogP contribution in [0.2, 0.25) is 5.02 Å². The number of esters is 1. The van der Waals surface area contributed by atoms with Gasteiger partial charge in [0.15, 0.2) is 4.91 Å². The summed E-state index contributed by atoms with van der Waals surface area (Å²) in [4.78, 5) is 13.8. The molecular weight excluding hydrogens is 518 g/mol. The molecule has 0 heterocycles. The van der Waals surface area contributed by atoms with Crippen LogP contribution in [0.5, 0.6) is 0 Å². The van der Waals surface area contributed by atoms with Crippen molar-refractivity contribution in [1.82, 2.24) is 4.90 Å². The standard InChI is InChI=1S/C31H18ClNO4S/c1-4-7-8-9-10-11-12-13-14-15-16-17-18-19-27-37-31(34)30(21-20-26-33(5-2)6-3)38(35,36)29-24-22-28(32)23-25-29/h1,20-26H,5-6H2,2-3H3. The monoisotopic (exact) mass is 535 g/mol. The molecule has 1 rings (SSSR count). The van der Waals surface area contributed by atoms with Gasteiger partial charge in [0, 0.05) is 59.6 Å². The number of allylic oxidation sites excluding steroid dienone is 2. The topological polar surface area (TPSA) is 63.7 Å². The molecule has 1 aromatic carbocycles. The molecule has 0 bridgehead atoms. The number of hydrogen-bond donors (Lipinski definition) is 0. The van der Waals surface area contributed by atoms with Gasteiger partial charge in [0.2, 0.25) is 9.84 Å². The molecule has 5 nitrogen and oxygen atoms in total. The van der Waals surface area contributed by atoms with Crippen LogP contribution in [0.25, 0.3) is 0 Å². The SMILES string of the molecule is C#CC#CC#CC#CC#CC#CC#CC#COC(=O)C(=CC=CN(CC)CC)S(=O)(=O)c1ccc(Cl)cc1. The van der Waals surface area contributed by atoms with Crippen molar-refractivity contribution in [2.24, 2.45) is 0 Å². The van der Waals surface area contributed by atoms with Crippen LogP contribution >= 0.6 is 11.6 Å². The molecule has 184 valence electrons. The number of hydrogen-bond acceptors (Lipinski definition) is 5. The van der Waals surface area contributed by atoms with Crippen LogP contribution in [-0.2, 0) is 19.4 Å². The minimum Gasteiger partial charge on any atom is -0.378 e. The fourth-order valence-electron chi connectivity index (χ4n) is 2.22. The molecule has 0 saturated carbocycles. The Morgan fingerprint density at radius 3 is 1.82 bits per heavy atom. The summed E-state index contributed by atoms with van der Waals surface area (Å²) in [6.07, 6.45) is 11.3. The highest BCUT2D eigenvalue weighted by atomic mass is 35.5. The van der Waals surface area contributed by atoms with E-state index in [1.807, 2.05) is 18.7 Å². The Labute approximate surface area is 229 Å². The van der Waals surface area contributed by atoms with Crippen molar-refractivity contribution in [3.05, 3.63) is 52.5 Å². The fourth-order valence-corrected chi connectivity index (χ4v) is 3.62. The lowest BCUT2D eigenvalue weighted by Crippen LogP contribution is -2.16. The van der Waals surface area contributed by atoms with Gasteiger partial charge in [-0.2, -0.15) is 0 Å². The largest absolute Gasteiger partial charge is 0.378 e. The number of ether oxygens (including phenoxy) is 1. The number of benzene rings is 1. The van der Waals surface area contributed by atoms with Gasteiger partial charge in [-0.1, -0.05) is 11.6 Å². The van der Waals surface area contributed by atoms with Gasteiger partial charge >= 0.3 is 5.97 Å². The van der Waals surface area contributed by atoms with Crippen LogP contribution < -0.4 is 0 Å². The second-order valence-electron chi connectivity index (χ2n) is 6.31. The summed E-state index contributed by atoms with van der Waals surface area (Å²) in [5.41, 5.74) is 0. The zero-order valence-electron chi connectivity index (χ0n) is 20.4. The molecule has 0 N–H and O–H groups in total. The van der Waals surface area contributed by atoms with E-state index in [4.69, 9.17) is 22.8 Å². The Hall–Kier alpha value is -5.31. The van der Waals surface area contributed by atoms with Crippen molar-refractivity contribution in [3.63, 3.8) is 0 Å². The highest BCUT2D eigenvalue weighted by Crippen LogP contribution is 2.22. The first-order valence-corrected chi connectivity index (χ1v) is 12.5. The van der Waals surface area contributed by atoms with Crippen LogP contribution in [0.4, 0.5) is 0 Å². The summed E-state index contributed by atoms with van der Waals surface area (Å²) >= 11 is 5.85. The third-order valence-corrected chi connectivity index (χ3v) is 6.01. The van der Waals surface area contributed by atoms with E-state index in [1.165, 1.54) is 30.3 Å². The lowest BCUT2D eigenvalue weighted by atomic mass is 10.4. The van der Waals surface area contributed by atoms with Crippen molar-refractivity contribution in [3.8, 4) is 95.4 Å². The Bertz CT molecular complexity index is 1690. The molecule has 0 amide bonds. The number of halogens is 1. The lowest BCUT2D eigenvalue weighted by Gasteiger charge is -2.14. The van der Waals surface area contributed by atoms with E-state index in [1.54, 1.807) is 6.20 Å². The van der Waals surface area contributed by atoms with Crippen LogP contribution in [0.15, 0.2) is 52.4 Å². The van der Waals surface area contributed by atoms with Crippen LogP contribution in [0.3, 0.4) is 0 Å². The van der Waals surface area contributed by atoms with Crippen LogP contribution in [0.1, 0.15) is 13.8 Å². The number of sulfone groups is 1. The van der Waals surface area contributed by atoms with Gasteiger partial charge in [0.05, 0.1) is 4.90 Å². The zero-order valence-corrected chi connectivity index (χ0v) is 22.0. The minimum absolute atomic E-state index is 0.125. The molecule has 0 aliphatic rings. The van der Waals surface area contributed by atoms with E-state index >= 15 is 0 Å². The molecule has 38 heavy (non-hydrogen) atoms. The molecular formula is C31H18ClNO4S. The Kier molecular flexibility index (Phi) is 14.6. The van der Waals surface area contributed by atoms with E-state index < -0.39 is 20.7 Å². The number of terminal acetylenes is 1. The molecule has 0 atom stereocenters. The first-order valence-electron chi connectivity index (χ1n) is 10.7. The quantitative estimate of drug-likeness (QED) is 0.232. The number of nitrogens with zero attached hydrogens (tertiary/aromatic N) is 1. The van der Waals surface area contributed by atoms with Crippen molar-refractivity contribution < 1.29 is 17.9 Å². The summed E-state index contributed by atoms with van der Waals surface area (Å²) in [5.74, 6) is 32.1. The summed E-state index contributed by atoms with van der Waals surface area (Å²) < 4.78 is 30.9. The lowest BCUT2D eigenvalue weighted by molar-refractivity contribution is -0.131. The van der Waals surface area contributed by atoms with E-state index in [9.17, 15) is 13.2 Å². The smallest absolute Gasteiger partial charge is 0.364 e. The third-order valence-electron chi connectivity index (χ3n) is 3.99. The van der Waals surface area contributed by atoms with Crippen LogP contribution in [0, 0.1) is 95.4 Å². The van der Waals surface area contributed by atoms with Crippen molar-refractivity contribution >= 4 is 27.4 Å². The molecule has 7 heteroatoms. The summed E-state index contributed by atoms with van der Waals surface area (Å²) in [5, 5.41) is 0.349. The van der Waals surface area contributed by atoms with Gasteiger partial charge in [-0.05, 0) is 97.9 Å².